The van der Waals surface area contributed by atoms with Crippen molar-refractivity contribution in [3.05, 3.63) is 22.1 Å². The van der Waals surface area contributed by atoms with Gasteiger partial charge in [-0.15, -0.1) is 0 Å². The van der Waals surface area contributed by atoms with Crippen LogP contribution in [0.5, 0.6) is 0 Å². The molecule has 0 fully saturated rings. The van der Waals surface area contributed by atoms with Crippen molar-refractivity contribution in [3.8, 4) is 0 Å². The molecule has 31 heavy (non-hydrogen) atoms. The predicted octanol–water partition coefficient (Wildman–Crippen LogP) is -1.36. The Hall–Kier alpha value is -2.64. The molecule has 0 aliphatic heterocycles. The summed E-state index contributed by atoms with van der Waals surface area (Å²) in [5.41, 5.74) is 0.112. The molecule has 0 saturated heterocycles. The van der Waals surface area contributed by atoms with Crippen LogP contribution in [0.1, 0.15) is 31.4 Å². The second-order valence-electron chi connectivity index (χ2n) is 6.81. The highest BCUT2D eigenvalue weighted by atomic mass is 32.1. The molecule has 174 valence electrons. The molecule has 0 bridgehead atoms. The van der Waals surface area contributed by atoms with Gasteiger partial charge in [0.15, 0.2) is 0 Å². The van der Waals surface area contributed by atoms with Crippen molar-refractivity contribution >= 4 is 36.4 Å². The lowest BCUT2D eigenvalue weighted by Gasteiger charge is -2.15. The summed E-state index contributed by atoms with van der Waals surface area (Å²) >= 11 is 3.93. The van der Waals surface area contributed by atoms with Crippen LogP contribution in [0, 0.1) is 6.92 Å². The van der Waals surface area contributed by atoms with E-state index in [0.29, 0.717) is 43.9 Å². The minimum atomic E-state index is -1.40. The second-order valence-corrected chi connectivity index (χ2v) is 7.26. The standard InChI is InChI=1S/C18H30N6O6S/c1-11-8-15(28)23-17(22-11)24-18(30)21-5-3-2-4-19-14(27)10-12(25)9-13(26)16(29)20-6-7-31/h8,12-13,25-26,31H,2-7,9-10H2,1H3,(H,19,27)(H,20,29)(H3,21,22,23,24,28,30)/t12-,13-/m0/s1. The molecule has 0 saturated carbocycles. The van der Waals surface area contributed by atoms with E-state index in [4.69, 9.17) is 0 Å². The van der Waals surface area contributed by atoms with E-state index < -0.39 is 35.6 Å². The number of aliphatic hydroxyl groups is 2. The van der Waals surface area contributed by atoms with Crippen LogP contribution in [0.3, 0.4) is 0 Å². The zero-order valence-electron chi connectivity index (χ0n) is 17.3. The highest BCUT2D eigenvalue weighted by Gasteiger charge is 2.20. The average Bonchev–Trinajstić information content (AvgIpc) is 2.67. The number of aromatic nitrogens is 2. The number of rotatable bonds is 13. The number of nitrogens with zero attached hydrogens (tertiary/aromatic N) is 1. The van der Waals surface area contributed by atoms with Crippen molar-refractivity contribution in [3.63, 3.8) is 0 Å². The smallest absolute Gasteiger partial charge is 0.321 e. The zero-order chi connectivity index (χ0) is 23.2. The molecule has 12 nitrogen and oxygen atoms in total. The van der Waals surface area contributed by atoms with Crippen LogP contribution in [-0.4, -0.2) is 75.6 Å². The summed E-state index contributed by atoms with van der Waals surface area (Å²) in [5.74, 6) is -0.545. The van der Waals surface area contributed by atoms with E-state index in [2.05, 4.69) is 43.9 Å². The minimum absolute atomic E-state index is 0.0534. The Balaban J connectivity index is 2.13. The molecule has 1 aromatic rings. The van der Waals surface area contributed by atoms with E-state index >= 15 is 0 Å². The van der Waals surface area contributed by atoms with E-state index in [0.717, 1.165) is 0 Å². The minimum Gasteiger partial charge on any atom is -0.392 e. The quantitative estimate of drug-likeness (QED) is 0.132. The number of urea groups is 1. The number of unbranched alkanes of at least 4 members (excludes halogenated alkanes) is 1. The normalized spacial score (nSPS) is 12.5. The van der Waals surface area contributed by atoms with Gasteiger partial charge in [-0.25, -0.2) is 4.79 Å². The summed E-state index contributed by atoms with van der Waals surface area (Å²) in [6, 6.07) is 0.790. The van der Waals surface area contributed by atoms with Gasteiger partial charge in [0.05, 0.1) is 12.5 Å². The summed E-state index contributed by atoms with van der Waals surface area (Å²) in [7, 11) is 0. The van der Waals surface area contributed by atoms with Crippen LogP contribution >= 0.6 is 12.6 Å². The molecule has 7 N–H and O–H groups in total. The Bertz CT molecular complexity index is 789. The maximum atomic E-state index is 11.8. The fourth-order valence-electron chi connectivity index (χ4n) is 2.50. The molecule has 0 aliphatic carbocycles. The first-order valence-corrected chi connectivity index (χ1v) is 10.5. The molecule has 0 unspecified atom stereocenters. The van der Waals surface area contributed by atoms with Crippen molar-refractivity contribution in [2.75, 3.05) is 30.7 Å². The molecule has 2 atom stereocenters. The summed E-state index contributed by atoms with van der Waals surface area (Å²) < 4.78 is 0. The van der Waals surface area contributed by atoms with Crippen molar-refractivity contribution in [2.24, 2.45) is 0 Å². The highest BCUT2D eigenvalue weighted by molar-refractivity contribution is 7.80. The first-order chi connectivity index (χ1) is 14.7. The molecule has 0 aromatic carbocycles. The number of thiol groups is 1. The lowest BCUT2D eigenvalue weighted by molar-refractivity contribution is -0.132. The SMILES string of the molecule is Cc1cc(=O)nc(NC(=O)NCCCCNC(=O)C[C@@H](O)C[C@H](O)C(=O)NCCS)[nH]1. The maximum Gasteiger partial charge on any atom is 0.321 e. The first kappa shape index (κ1) is 26.4. The van der Waals surface area contributed by atoms with E-state index in [1.54, 1.807) is 6.92 Å². The molecular weight excluding hydrogens is 428 g/mol. The topological polar surface area (TPSA) is 186 Å². The fraction of sp³-hybridized carbons (Fsp3) is 0.611. The number of H-pyrrole nitrogens is 1. The van der Waals surface area contributed by atoms with E-state index in [9.17, 15) is 29.4 Å². The number of aryl methyl sites for hydroxylation is 1. The fourth-order valence-corrected chi connectivity index (χ4v) is 2.61. The average molecular weight is 459 g/mol. The Kier molecular flexibility index (Phi) is 12.2. The van der Waals surface area contributed by atoms with Gasteiger partial charge in [-0.05, 0) is 19.8 Å². The van der Waals surface area contributed by atoms with Gasteiger partial charge in [0.2, 0.25) is 17.8 Å². The van der Waals surface area contributed by atoms with Crippen molar-refractivity contribution in [1.82, 2.24) is 25.9 Å². The third-order valence-corrected chi connectivity index (χ3v) is 4.17. The molecule has 1 rings (SSSR count). The number of amides is 4. The van der Waals surface area contributed by atoms with Gasteiger partial charge in [0.1, 0.15) is 6.10 Å². The van der Waals surface area contributed by atoms with Gasteiger partial charge in [-0.1, -0.05) is 0 Å². The summed E-state index contributed by atoms with van der Waals surface area (Å²) in [5, 5.41) is 29.6. The summed E-state index contributed by atoms with van der Waals surface area (Å²) in [6.07, 6.45) is -1.86. The lowest BCUT2D eigenvalue weighted by Crippen LogP contribution is -2.38. The van der Waals surface area contributed by atoms with Crippen molar-refractivity contribution in [1.29, 1.82) is 0 Å². The van der Waals surface area contributed by atoms with Gasteiger partial charge < -0.3 is 31.1 Å². The number of hydrogen-bond acceptors (Lipinski definition) is 8. The van der Waals surface area contributed by atoms with E-state index in [-0.39, 0.29) is 18.8 Å². The van der Waals surface area contributed by atoms with Crippen LogP contribution in [-0.2, 0) is 9.59 Å². The molecule has 1 aromatic heterocycles. The lowest BCUT2D eigenvalue weighted by atomic mass is 10.1. The van der Waals surface area contributed by atoms with E-state index in [1.165, 1.54) is 6.07 Å². The third-order valence-electron chi connectivity index (χ3n) is 3.95. The Labute approximate surface area is 185 Å². The molecular formula is C18H30N6O6S. The number of aliphatic hydroxyl groups excluding tert-OH is 2. The first-order valence-electron chi connectivity index (χ1n) is 9.85. The van der Waals surface area contributed by atoms with Gasteiger partial charge in [-0.2, -0.15) is 17.6 Å². The Morgan fingerprint density at radius 2 is 1.81 bits per heavy atom. The number of aromatic amines is 1. The molecule has 13 heteroatoms. The van der Waals surface area contributed by atoms with Crippen LogP contribution < -0.4 is 26.8 Å². The Morgan fingerprint density at radius 3 is 2.45 bits per heavy atom. The second kappa shape index (κ2) is 14.4. The summed E-state index contributed by atoms with van der Waals surface area (Å²) in [6.45, 7) is 2.65. The number of anilines is 1. The van der Waals surface area contributed by atoms with Gasteiger partial charge in [0, 0.05) is 43.6 Å². The molecule has 0 radical (unpaired) electrons. The van der Waals surface area contributed by atoms with Crippen molar-refractivity contribution in [2.45, 2.75) is 44.8 Å². The van der Waals surface area contributed by atoms with Crippen LogP contribution in [0.4, 0.5) is 10.7 Å². The summed E-state index contributed by atoms with van der Waals surface area (Å²) in [4.78, 5) is 52.7. The molecule has 0 spiro atoms. The molecule has 0 aliphatic rings. The van der Waals surface area contributed by atoms with Crippen LogP contribution in [0.25, 0.3) is 0 Å². The predicted molar refractivity (Wildman–Crippen MR) is 117 cm³/mol. The van der Waals surface area contributed by atoms with Gasteiger partial charge >= 0.3 is 6.03 Å². The van der Waals surface area contributed by atoms with Gasteiger partial charge in [-0.3, -0.25) is 19.7 Å². The number of carbonyl (C=O) groups is 3. The molecule has 1 heterocycles. The van der Waals surface area contributed by atoms with E-state index in [1.807, 2.05) is 0 Å². The zero-order valence-corrected chi connectivity index (χ0v) is 18.2. The number of carbonyl (C=O) groups excluding carboxylic acids is 3. The highest BCUT2D eigenvalue weighted by Crippen LogP contribution is 2.03. The van der Waals surface area contributed by atoms with Crippen molar-refractivity contribution < 1.29 is 24.6 Å². The van der Waals surface area contributed by atoms with Crippen LogP contribution in [0.2, 0.25) is 0 Å². The van der Waals surface area contributed by atoms with Crippen LogP contribution in [0.15, 0.2) is 10.9 Å². The number of hydrogen-bond donors (Lipinski definition) is 8. The van der Waals surface area contributed by atoms with Gasteiger partial charge in [0.25, 0.3) is 5.56 Å². The monoisotopic (exact) mass is 458 g/mol. The Morgan fingerprint density at radius 1 is 1.13 bits per heavy atom. The maximum absolute atomic E-state index is 11.8. The third kappa shape index (κ3) is 12.0. The molecule has 4 amide bonds. The largest absolute Gasteiger partial charge is 0.392 e. The number of nitrogens with one attached hydrogen (secondary N) is 5.